The SMILES string of the molecule is CC(C)C(C)N1CCOC(CC(C)[C@@H](C)N2CCOCC2)C1. The Kier molecular flexibility index (Phi) is 7.13. The van der Waals surface area contributed by atoms with Gasteiger partial charge in [-0.15, -0.1) is 0 Å². The van der Waals surface area contributed by atoms with Crippen LogP contribution >= 0.6 is 0 Å². The number of hydrogen-bond donors (Lipinski definition) is 0. The highest BCUT2D eigenvalue weighted by Gasteiger charge is 2.29. The molecule has 2 rings (SSSR count). The second-order valence-electron chi connectivity index (χ2n) is 7.57. The van der Waals surface area contributed by atoms with Crippen LogP contribution in [0.15, 0.2) is 0 Å². The molecule has 0 amide bonds. The maximum atomic E-state index is 6.06. The number of rotatable bonds is 6. The van der Waals surface area contributed by atoms with Crippen molar-refractivity contribution >= 4 is 0 Å². The normalized spacial score (nSPS) is 29.5. The molecule has 0 radical (unpaired) electrons. The molecule has 3 unspecified atom stereocenters. The van der Waals surface area contributed by atoms with E-state index in [-0.39, 0.29) is 0 Å². The van der Waals surface area contributed by atoms with E-state index in [1.165, 1.54) is 6.42 Å². The van der Waals surface area contributed by atoms with Crippen molar-refractivity contribution in [3.8, 4) is 0 Å². The maximum absolute atomic E-state index is 6.06. The summed E-state index contributed by atoms with van der Waals surface area (Å²) in [6.45, 7) is 18.7. The van der Waals surface area contributed by atoms with Crippen molar-refractivity contribution in [3.63, 3.8) is 0 Å². The van der Waals surface area contributed by atoms with Crippen LogP contribution in [0.3, 0.4) is 0 Å². The molecular weight excluding hydrogens is 276 g/mol. The molecule has 2 aliphatic heterocycles. The van der Waals surface area contributed by atoms with Gasteiger partial charge in [0, 0.05) is 38.3 Å². The van der Waals surface area contributed by atoms with Crippen molar-refractivity contribution in [3.05, 3.63) is 0 Å². The van der Waals surface area contributed by atoms with E-state index in [9.17, 15) is 0 Å². The Hall–Kier alpha value is -0.160. The van der Waals surface area contributed by atoms with Crippen molar-refractivity contribution in [1.29, 1.82) is 0 Å². The molecule has 0 aromatic rings. The van der Waals surface area contributed by atoms with Crippen molar-refractivity contribution in [2.45, 2.75) is 59.2 Å². The Morgan fingerprint density at radius 2 is 1.50 bits per heavy atom. The van der Waals surface area contributed by atoms with Crippen molar-refractivity contribution in [2.24, 2.45) is 11.8 Å². The predicted octanol–water partition coefficient (Wildman–Crippen LogP) is 2.48. The lowest BCUT2D eigenvalue weighted by atomic mass is 9.93. The zero-order valence-electron chi connectivity index (χ0n) is 15.3. The third-order valence-electron chi connectivity index (χ3n) is 5.79. The first-order chi connectivity index (χ1) is 10.5. The lowest BCUT2D eigenvalue weighted by molar-refractivity contribution is -0.0625. The van der Waals surface area contributed by atoms with Crippen LogP contribution < -0.4 is 0 Å². The average molecular weight is 312 g/mol. The lowest BCUT2D eigenvalue weighted by Gasteiger charge is -2.41. The molecule has 4 heteroatoms. The Morgan fingerprint density at radius 3 is 2.14 bits per heavy atom. The maximum Gasteiger partial charge on any atom is 0.0705 e. The molecule has 0 spiro atoms. The fourth-order valence-corrected chi connectivity index (χ4v) is 3.63. The van der Waals surface area contributed by atoms with Crippen LogP contribution in [0.2, 0.25) is 0 Å². The fourth-order valence-electron chi connectivity index (χ4n) is 3.63. The van der Waals surface area contributed by atoms with Gasteiger partial charge in [0.05, 0.1) is 25.9 Å². The van der Waals surface area contributed by atoms with Gasteiger partial charge in [-0.2, -0.15) is 0 Å². The van der Waals surface area contributed by atoms with E-state index in [0.717, 1.165) is 46.0 Å². The molecule has 130 valence electrons. The number of ether oxygens (including phenoxy) is 2. The molecule has 0 aromatic carbocycles. The summed E-state index contributed by atoms with van der Waals surface area (Å²) >= 11 is 0. The summed E-state index contributed by atoms with van der Waals surface area (Å²) in [5, 5.41) is 0. The van der Waals surface area contributed by atoms with Gasteiger partial charge in [-0.25, -0.2) is 0 Å². The first-order valence-electron chi connectivity index (χ1n) is 9.16. The van der Waals surface area contributed by atoms with Crippen molar-refractivity contribution in [2.75, 3.05) is 46.0 Å². The first kappa shape index (κ1) is 18.2. The average Bonchev–Trinajstić information content (AvgIpc) is 2.54. The summed E-state index contributed by atoms with van der Waals surface area (Å²) in [6, 6.07) is 1.27. The summed E-state index contributed by atoms with van der Waals surface area (Å²) in [4.78, 5) is 5.19. The van der Waals surface area contributed by atoms with Gasteiger partial charge < -0.3 is 9.47 Å². The smallest absolute Gasteiger partial charge is 0.0705 e. The van der Waals surface area contributed by atoms with Crippen LogP contribution in [0.25, 0.3) is 0 Å². The molecular formula is C18H36N2O2. The van der Waals surface area contributed by atoms with Crippen LogP contribution in [0.4, 0.5) is 0 Å². The number of hydrogen-bond acceptors (Lipinski definition) is 4. The van der Waals surface area contributed by atoms with Gasteiger partial charge in [0.25, 0.3) is 0 Å². The second kappa shape index (κ2) is 8.62. The lowest BCUT2D eigenvalue weighted by Crippen LogP contribution is -2.50. The Balaban J connectivity index is 1.81. The first-order valence-corrected chi connectivity index (χ1v) is 9.16. The van der Waals surface area contributed by atoms with Gasteiger partial charge in [-0.3, -0.25) is 9.80 Å². The summed E-state index contributed by atoms with van der Waals surface area (Å²) in [5.41, 5.74) is 0. The molecule has 4 atom stereocenters. The number of morpholine rings is 2. The Morgan fingerprint density at radius 1 is 0.864 bits per heavy atom. The predicted molar refractivity (Wildman–Crippen MR) is 91.2 cm³/mol. The van der Waals surface area contributed by atoms with E-state index < -0.39 is 0 Å². The van der Waals surface area contributed by atoms with Gasteiger partial charge in [0.15, 0.2) is 0 Å². The van der Waals surface area contributed by atoms with E-state index in [2.05, 4.69) is 44.4 Å². The third kappa shape index (κ3) is 4.92. The monoisotopic (exact) mass is 312 g/mol. The van der Waals surface area contributed by atoms with Gasteiger partial charge in [0.2, 0.25) is 0 Å². The number of nitrogens with zero attached hydrogens (tertiary/aromatic N) is 2. The summed E-state index contributed by atoms with van der Waals surface area (Å²) in [5.74, 6) is 1.38. The van der Waals surface area contributed by atoms with Crippen LogP contribution in [0, 0.1) is 11.8 Å². The van der Waals surface area contributed by atoms with E-state index in [0.29, 0.717) is 30.0 Å². The molecule has 22 heavy (non-hydrogen) atoms. The topological polar surface area (TPSA) is 24.9 Å². The molecule has 2 heterocycles. The fraction of sp³-hybridized carbons (Fsp3) is 1.00. The molecule has 2 saturated heterocycles. The van der Waals surface area contributed by atoms with Gasteiger partial charge in [-0.1, -0.05) is 20.8 Å². The third-order valence-corrected chi connectivity index (χ3v) is 5.79. The molecule has 0 bridgehead atoms. The van der Waals surface area contributed by atoms with Crippen LogP contribution in [0.5, 0.6) is 0 Å². The second-order valence-corrected chi connectivity index (χ2v) is 7.57. The molecule has 2 aliphatic rings. The molecule has 0 aromatic heterocycles. The van der Waals surface area contributed by atoms with E-state index >= 15 is 0 Å². The van der Waals surface area contributed by atoms with Crippen molar-refractivity contribution < 1.29 is 9.47 Å². The highest BCUT2D eigenvalue weighted by Crippen LogP contribution is 2.23. The molecule has 4 nitrogen and oxygen atoms in total. The summed E-state index contributed by atoms with van der Waals surface area (Å²) in [7, 11) is 0. The van der Waals surface area contributed by atoms with Gasteiger partial charge >= 0.3 is 0 Å². The minimum atomic E-state index is 0.397. The van der Waals surface area contributed by atoms with E-state index in [1.54, 1.807) is 0 Å². The van der Waals surface area contributed by atoms with Crippen LogP contribution in [-0.4, -0.2) is 74.0 Å². The highest BCUT2D eigenvalue weighted by molar-refractivity contribution is 4.82. The van der Waals surface area contributed by atoms with E-state index in [1.807, 2.05) is 0 Å². The highest BCUT2D eigenvalue weighted by atomic mass is 16.5. The zero-order valence-corrected chi connectivity index (χ0v) is 15.3. The Bertz CT molecular complexity index is 318. The summed E-state index contributed by atoms with van der Waals surface area (Å²) in [6.07, 6.45) is 1.56. The van der Waals surface area contributed by atoms with Crippen molar-refractivity contribution in [1.82, 2.24) is 9.80 Å². The molecule has 0 saturated carbocycles. The largest absolute Gasteiger partial charge is 0.379 e. The summed E-state index contributed by atoms with van der Waals surface area (Å²) < 4.78 is 11.5. The molecule has 2 fully saturated rings. The minimum absolute atomic E-state index is 0.397. The Labute approximate surface area is 137 Å². The quantitative estimate of drug-likeness (QED) is 0.752. The zero-order chi connectivity index (χ0) is 16.1. The van der Waals surface area contributed by atoms with E-state index in [4.69, 9.17) is 9.47 Å². The minimum Gasteiger partial charge on any atom is -0.379 e. The van der Waals surface area contributed by atoms with Crippen LogP contribution in [-0.2, 0) is 9.47 Å². The molecule has 0 N–H and O–H groups in total. The van der Waals surface area contributed by atoms with Gasteiger partial charge in [-0.05, 0) is 32.1 Å². The standard InChI is InChI=1S/C18H36N2O2/c1-14(2)16(4)20-8-11-22-18(13-20)12-15(3)17(5)19-6-9-21-10-7-19/h14-18H,6-13H2,1-5H3/t15?,16?,17-,18?/m1/s1. The molecule has 0 aliphatic carbocycles. The van der Waals surface area contributed by atoms with Gasteiger partial charge in [0.1, 0.15) is 0 Å². The van der Waals surface area contributed by atoms with Crippen LogP contribution in [0.1, 0.15) is 41.0 Å².